The Morgan fingerprint density at radius 1 is 1.00 bits per heavy atom. The van der Waals surface area contributed by atoms with Crippen molar-refractivity contribution in [3.8, 4) is 10.5 Å². The number of fused-ring (bicyclic) bond motifs is 1. The van der Waals surface area contributed by atoms with Crippen molar-refractivity contribution in [3.05, 3.63) is 54.1 Å². The topological polar surface area (TPSA) is 22.1 Å². The zero-order valence-corrected chi connectivity index (χ0v) is 11.1. The van der Waals surface area contributed by atoms with Crippen LogP contribution in [0.15, 0.2) is 48.5 Å². The average molecular weight is 288 g/mol. The van der Waals surface area contributed by atoms with Crippen LogP contribution in [0.5, 0.6) is 10.5 Å². The van der Waals surface area contributed by atoms with Crippen molar-refractivity contribution >= 4 is 24.3 Å². The van der Waals surface area contributed by atoms with E-state index in [9.17, 15) is 0 Å². The second-order valence-corrected chi connectivity index (χ2v) is 5.95. The molecule has 0 amide bonds. The summed E-state index contributed by atoms with van der Waals surface area (Å²) >= 11 is 0.196. The van der Waals surface area contributed by atoms with E-state index in [0.717, 1.165) is 16.0 Å². The molecule has 0 saturated carbocycles. The number of hydrogen-bond donors (Lipinski definition) is 0. The number of aromatic nitrogens is 1. The van der Waals surface area contributed by atoms with E-state index in [1.165, 1.54) is 9.82 Å². The zero-order valence-electron chi connectivity index (χ0n) is 9.38. The van der Waals surface area contributed by atoms with Gasteiger partial charge in [-0.15, -0.1) is 0 Å². The Kier molecular flexibility index (Phi) is 2.71. The standard InChI is InChI=1S/C14H11NOSe/c1-10-6-8-11(9-7-10)16-14-15-12-4-2-3-5-13(12)17-14/h2-9H,1H3. The second-order valence-electron chi connectivity index (χ2n) is 3.86. The van der Waals surface area contributed by atoms with E-state index in [1.807, 2.05) is 42.5 Å². The fourth-order valence-electron chi connectivity index (χ4n) is 1.60. The Hall–Kier alpha value is -1.57. The molecule has 0 aliphatic rings. The quantitative estimate of drug-likeness (QED) is 0.674. The summed E-state index contributed by atoms with van der Waals surface area (Å²) in [5.41, 5.74) is 2.29. The molecule has 2 aromatic carbocycles. The van der Waals surface area contributed by atoms with Crippen LogP contribution in [0.25, 0.3) is 9.78 Å². The number of benzene rings is 2. The van der Waals surface area contributed by atoms with E-state index >= 15 is 0 Å². The number of ether oxygens (including phenoxy) is 1. The molecule has 0 atom stereocenters. The van der Waals surface area contributed by atoms with Crippen molar-refractivity contribution in [2.75, 3.05) is 0 Å². The molecule has 17 heavy (non-hydrogen) atoms. The van der Waals surface area contributed by atoms with Crippen LogP contribution >= 0.6 is 0 Å². The third-order valence-electron chi connectivity index (χ3n) is 2.50. The van der Waals surface area contributed by atoms with Gasteiger partial charge >= 0.3 is 106 Å². The summed E-state index contributed by atoms with van der Waals surface area (Å²) in [6, 6.07) is 16.3. The van der Waals surface area contributed by atoms with Gasteiger partial charge in [-0.3, -0.25) is 0 Å². The molecule has 0 radical (unpaired) electrons. The van der Waals surface area contributed by atoms with Gasteiger partial charge in [-0.2, -0.15) is 0 Å². The number of aryl methyl sites for hydroxylation is 1. The molecule has 3 rings (SSSR count). The van der Waals surface area contributed by atoms with Crippen molar-refractivity contribution in [3.63, 3.8) is 0 Å². The van der Waals surface area contributed by atoms with Crippen LogP contribution in [0, 0.1) is 6.92 Å². The van der Waals surface area contributed by atoms with E-state index in [2.05, 4.69) is 18.0 Å². The van der Waals surface area contributed by atoms with Crippen LogP contribution in [0.4, 0.5) is 0 Å². The molecule has 84 valence electrons. The Bertz CT molecular complexity index is 610. The van der Waals surface area contributed by atoms with Gasteiger partial charge < -0.3 is 0 Å². The molecule has 3 aromatic rings. The third-order valence-corrected chi connectivity index (χ3v) is 4.42. The van der Waals surface area contributed by atoms with E-state index in [0.29, 0.717) is 0 Å². The van der Waals surface area contributed by atoms with Crippen LogP contribution in [-0.4, -0.2) is 19.5 Å². The minimum atomic E-state index is 0.196. The Labute approximate surface area is 106 Å². The molecule has 0 aliphatic heterocycles. The Balaban J connectivity index is 1.92. The molecule has 2 nitrogen and oxygen atoms in total. The van der Waals surface area contributed by atoms with Crippen molar-refractivity contribution in [2.24, 2.45) is 0 Å². The first kappa shape index (κ1) is 10.6. The van der Waals surface area contributed by atoms with E-state index in [-0.39, 0.29) is 14.5 Å². The van der Waals surface area contributed by atoms with Crippen LogP contribution < -0.4 is 4.74 Å². The molecule has 0 N–H and O–H groups in total. The minimum absolute atomic E-state index is 0.196. The van der Waals surface area contributed by atoms with Crippen molar-refractivity contribution in [1.82, 2.24) is 4.98 Å². The number of nitrogens with zero attached hydrogens (tertiary/aromatic N) is 1. The normalized spacial score (nSPS) is 10.6. The van der Waals surface area contributed by atoms with Gasteiger partial charge in [0.15, 0.2) is 0 Å². The SMILES string of the molecule is Cc1ccc(Oc2nc3ccccc3[se]2)cc1. The molecule has 0 saturated heterocycles. The van der Waals surface area contributed by atoms with E-state index in [4.69, 9.17) is 4.74 Å². The monoisotopic (exact) mass is 289 g/mol. The van der Waals surface area contributed by atoms with Crippen LogP contribution in [0.2, 0.25) is 0 Å². The van der Waals surface area contributed by atoms with Crippen LogP contribution in [0.1, 0.15) is 5.56 Å². The van der Waals surface area contributed by atoms with E-state index < -0.39 is 0 Å². The first-order valence-corrected chi connectivity index (χ1v) is 7.13. The third kappa shape index (κ3) is 2.26. The fraction of sp³-hybridized carbons (Fsp3) is 0.0714. The Morgan fingerprint density at radius 3 is 2.53 bits per heavy atom. The second kappa shape index (κ2) is 4.36. The van der Waals surface area contributed by atoms with Gasteiger partial charge in [0.25, 0.3) is 0 Å². The van der Waals surface area contributed by atoms with Crippen molar-refractivity contribution < 1.29 is 4.74 Å². The van der Waals surface area contributed by atoms with Gasteiger partial charge in [-0.05, 0) is 0 Å². The molecule has 3 heteroatoms. The van der Waals surface area contributed by atoms with Crippen LogP contribution in [-0.2, 0) is 0 Å². The molecule has 1 heterocycles. The molecule has 0 bridgehead atoms. The first-order valence-electron chi connectivity index (χ1n) is 5.41. The molecular formula is C14H11NOSe. The maximum atomic E-state index is 5.79. The summed E-state index contributed by atoms with van der Waals surface area (Å²) in [5.74, 6) is 0.865. The summed E-state index contributed by atoms with van der Waals surface area (Å²) in [6.45, 7) is 2.07. The summed E-state index contributed by atoms with van der Waals surface area (Å²) in [4.78, 5) is 4.49. The van der Waals surface area contributed by atoms with Gasteiger partial charge in [0, 0.05) is 0 Å². The van der Waals surface area contributed by atoms with Gasteiger partial charge in [0.1, 0.15) is 0 Å². The molecule has 1 aromatic heterocycles. The van der Waals surface area contributed by atoms with Crippen LogP contribution in [0.3, 0.4) is 0 Å². The molecule has 0 aliphatic carbocycles. The Morgan fingerprint density at radius 2 is 1.76 bits per heavy atom. The summed E-state index contributed by atoms with van der Waals surface area (Å²) in [5, 5.41) is 0. The van der Waals surface area contributed by atoms with E-state index in [1.54, 1.807) is 0 Å². The first-order chi connectivity index (χ1) is 8.31. The predicted octanol–water partition coefficient (Wildman–Crippen LogP) is 3.39. The fourth-order valence-corrected chi connectivity index (χ4v) is 3.35. The molecule has 0 spiro atoms. The number of para-hydroxylation sites is 1. The van der Waals surface area contributed by atoms with Gasteiger partial charge in [0.05, 0.1) is 0 Å². The maximum absolute atomic E-state index is 5.79. The molecular weight excluding hydrogens is 277 g/mol. The summed E-state index contributed by atoms with van der Waals surface area (Å²) in [7, 11) is 0. The van der Waals surface area contributed by atoms with Crippen molar-refractivity contribution in [1.29, 1.82) is 0 Å². The number of hydrogen-bond acceptors (Lipinski definition) is 2. The zero-order chi connectivity index (χ0) is 11.7. The summed E-state index contributed by atoms with van der Waals surface area (Å²) < 4.78 is 7.92. The molecule has 0 fully saturated rings. The van der Waals surface area contributed by atoms with Crippen molar-refractivity contribution in [2.45, 2.75) is 6.92 Å². The summed E-state index contributed by atoms with van der Waals surface area (Å²) in [6.07, 6.45) is 0. The predicted molar refractivity (Wildman–Crippen MR) is 69.9 cm³/mol. The van der Waals surface area contributed by atoms with Gasteiger partial charge in [-0.1, -0.05) is 0 Å². The number of rotatable bonds is 2. The van der Waals surface area contributed by atoms with Gasteiger partial charge in [0.2, 0.25) is 0 Å². The van der Waals surface area contributed by atoms with Gasteiger partial charge in [-0.25, -0.2) is 0 Å². The molecule has 0 unspecified atom stereocenters. The average Bonchev–Trinajstić information content (AvgIpc) is 2.74.